The third-order valence-corrected chi connectivity index (χ3v) is 6.48. The van der Waals surface area contributed by atoms with Crippen LogP contribution in [0.3, 0.4) is 0 Å². The first-order valence-electron chi connectivity index (χ1n) is 11.9. The lowest BCUT2D eigenvalue weighted by Gasteiger charge is -2.19. The van der Waals surface area contributed by atoms with Crippen molar-refractivity contribution in [1.82, 2.24) is 9.78 Å². The van der Waals surface area contributed by atoms with Gasteiger partial charge in [-0.3, -0.25) is 14.5 Å². The van der Waals surface area contributed by atoms with Crippen LogP contribution in [0.5, 0.6) is 0 Å². The molecule has 4 aromatic rings. The first kappa shape index (κ1) is 27.4. The highest BCUT2D eigenvalue weighted by Gasteiger charge is 2.25. The number of rotatable bonds is 6. The quantitative estimate of drug-likeness (QED) is 0.278. The Bertz CT molecular complexity index is 1490. The van der Waals surface area contributed by atoms with E-state index < -0.39 is 11.7 Å². The number of hydrogen-bond donors (Lipinski definition) is 1. The molecule has 0 saturated heterocycles. The Hall–Kier alpha value is -3.68. The minimum Gasteiger partial charge on any atom is -0.322 e. The molecule has 0 unspecified atom stereocenters. The van der Waals surface area contributed by atoms with Crippen molar-refractivity contribution in [3.8, 4) is 5.69 Å². The number of nitrogens with zero attached hydrogens (tertiary/aromatic N) is 3. The van der Waals surface area contributed by atoms with Gasteiger partial charge < -0.3 is 5.32 Å². The molecule has 1 heterocycles. The fourth-order valence-electron chi connectivity index (χ4n) is 3.75. The lowest BCUT2D eigenvalue weighted by Crippen LogP contribution is -2.30. The van der Waals surface area contributed by atoms with Crippen molar-refractivity contribution in [3.05, 3.63) is 105 Å². The molecule has 0 aliphatic carbocycles. The highest BCUT2D eigenvalue weighted by Crippen LogP contribution is 2.29. The first-order chi connectivity index (χ1) is 17.9. The van der Waals surface area contributed by atoms with Crippen LogP contribution >= 0.6 is 23.2 Å². The zero-order valence-corrected chi connectivity index (χ0v) is 22.9. The van der Waals surface area contributed by atoms with E-state index in [1.807, 2.05) is 39.0 Å². The van der Waals surface area contributed by atoms with Crippen LogP contribution in [0, 0.1) is 5.82 Å². The van der Waals surface area contributed by atoms with E-state index in [9.17, 15) is 14.0 Å². The lowest BCUT2D eigenvalue weighted by atomic mass is 9.92. The molecule has 196 valence electrons. The van der Waals surface area contributed by atoms with Gasteiger partial charge in [0.15, 0.2) is 0 Å². The smallest absolute Gasteiger partial charge is 0.255 e. The Morgan fingerprint density at radius 3 is 2.32 bits per heavy atom. The molecule has 6 nitrogen and oxygen atoms in total. The van der Waals surface area contributed by atoms with Gasteiger partial charge in [0.2, 0.25) is 5.91 Å². The Kier molecular flexibility index (Phi) is 7.90. The second-order valence-electron chi connectivity index (χ2n) is 9.93. The molecule has 0 saturated carbocycles. The summed E-state index contributed by atoms with van der Waals surface area (Å²) in [6, 6.07) is 19.7. The molecular weight excluding hydrogens is 526 g/mol. The van der Waals surface area contributed by atoms with E-state index in [1.165, 1.54) is 17.0 Å². The predicted molar refractivity (Wildman–Crippen MR) is 150 cm³/mol. The largest absolute Gasteiger partial charge is 0.322 e. The predicted octanol–water partition coefficient (Wildman–Crippen LogP) is 7.07. The average Bonchev–Trinajstić information content (AvgIpc) is 3.32. The van der Waals surface area contributed by atoms with Gasteiger partial charge in [0, 0.05) is 39.8 Å². The molecule has 0 radical (unpaired) electrons. The molecule has 0 atom stereocenters. The van der Waals surface area contributed by atoms with Gasteiger partial charge in [-0.05, 0) is 60.2 Å². The monoisotopic (exact) mass is 552 g/mol. The van der Waals surface area contributed by atoms with Gasteiger partial charge >= 0.3 is 0 Å². The topological polar surface area (TPSA) is 67.2 Å². The zero-order chi connectivity index (χ0) is 27.6. The number of aromatic nitrogens is 2. The number of hydrogen-bond acceptors (Lipinski definition) is 3. The number of likely N-dealkylation sites (N-methyl/N-ethyl adjacent to an activating group) is 1. The Morgan fingerprint density at radius 2 is 1.68 bits per heavy atom. The summed E-state index contributed by atoms with van der Waals surface area (Å²) in [6.07, 6.45) is -0.201. The number of halogens is 3. The maximum atomic E-state index is 15.0. The van der Waals surface area contributed by atoms with E-state index in [0.29, 0.717) is 27.2 Å². The molecule has 0 fully saturated rings. The van der Waals surface area contributed by atoms with Crippen LogP contribution < -0.4 is 10.2 Å². The number of carbonyl (C=O) groups is 2. The van der Waals surface area contributed by atoms with Gasteiger partial charge in [-0.1, -0.05) is 56.1 Å². The summed E-state index contributed by atoms with van der Waals surface area (Å²) in [5, 5.41) is 8.50. The lowest BCUT2D eigenvalue weighted by molar-refractivity contribution is -0.117. The SMILES string of the molecule is CN(C(=O)Cc1ccc(C(=O)Nc2ccc(Cl)cc2)cc1F)c1cc(C(C)(C)C)nn1-c1cccc(Cl)c1. The van der Waals surface area contributed by atoms with Gasteiger partial charge in [-0.15, -0.1) is 0 Å². The summed E-state index contributed by atoms with van der Waals surface area (Å²) in [4.78, 5) is 27.3. The molecule has 3 aromatic carbocycles. The summed E-state index contributed by atoms with van der Waals surface area (Å²) in [5.41, 5.74) is 2.06. The number of carbonyl (C=O) groups excluding carboxylic acids is 2. The van der Waals surface area contributed by atoms with Crippen LogP contribution in [0.1, 0.15) is 42.4 Å². The van der Waals surface area contributed by atoms with Crippen molar-refractivity contribution in [1.29, 1.82) is 0 Å². The van der Waals surface area contributed by atoms with Gasteiger partial charge in [-0.2, -0.15) is 5.10 Å². The molecule has 0 bridgehead atoms. The third-order valence-electron chi connectivity index (χ3n) is 5.99. The van der Waals surface area contributed by atoms with Gasteiger partial charge in [0.25, 0.3) is 5.91 Å². The van der Waals surface area contributed by atoms with Crippen LogP contribution in [0.2, 0.25) is 10.0 Å². The van der Waals surface area contributed by atoms with Crippen molar-refractivity contribution in [2.75, 3.05) is 17.3 Å². The zero-order valence-electron chi connectivity index (χ0n) is 21.4. The summed E-state index contributed by atoms with van der Waals surface area (Å²) in [6.45, 7) is 6.09. The highest BCUT2D eigenvalue weighted by molar-refractivity contribution is 6.31. The minimum absolute atomic E-state index is 0.135. The van der Waals surface area contributed by atoms with Crippen molar-refractivity contribution in [2.24, 2.45) is 0 Å². The van der Waals surface area contributed by atoms with Gasteiger partial charge in [0.1, 0.15) is 11.6 Å². The van der Waals surface area contributed by atoms with Crippen LogP contribution in [0.4, 0.5) is 15.9 Å². The molecule has 4 rings (SSSR count). The van der Waals surface area contributed by atoms with Gasteiger partial charge in [-0.25, -0.2) is 9.07 Å². The molecular formula is C29H27Cl2FN4O2. The summed E-state index contributed by atoms with van der Waals surface area (Å²) >= 11 is 12.1. The molecule has 1 N–H and O–H groups in total. The highest BCUT2D eigenvalue weighted by atomic mass is 35.5. The second kappa shape index (κ2) is 11.0. The molecule has 1 aromatic heterocycles. The summed E-state index contributed by atoms with van der Waals surface area (Å²) < 4.78 is 16.6. The van der Waals surface area contributed by atoms with E-state index in [4.69, 9.17) is 28.3 Å². The third kappa shape index (κ3) is 6.23. The Labute approximate surface area is 231 Å². The number of anilines is 2. The van der Waals surface area contributed by atoms with E-state index in [1.54, 1.807) is 48.1 Å². The van der Waals surface area contributed by atoms with Crippen LogP contribution in [-0.4, -0.2) is 28.6 Å². The number of benzene rings is 3. The van der Waals surface area contributed by atoms with Gasteiger partial charge in [0.05, 0.1) is 17.8 Å². The normalized spacial score (nSPS) is 11.3. The van der Waals surface area contributed by atoms with Crippen molar-refractivity contribution in [3.63, 3.8) is 0 Å². The summed E-state index contributed by atoms with van der Waals surface area (Å²) in [5.74, 6) is -0.928. The standard InChI is InChI=1S/C29H27Cl2FN4O2/c1-29(2,3)25-17-26(36(34-25)23-7-5-6-21(31)16-23)35(4)27(37)15-18-8-9-19(14-24(18)32)28(38)33-22-12-10-20(30)11-13-22/h5-14,16-17H,15H2,1-4H3,(H,33,38). The molecule has 0 aliphatic heterocycles. The Morgan fingerprint density at radius 1 is 0.974 bits per heavy atom. The second-order valence-corrected chi connectivity index (χ2v) is 10.8. The van der Waals surface area contributed by atoms with E-state index in [-0.39, 0.29) is 28.9 Å². The van der Waals surface area contributed by atoms with Crippen molar-refractivity contribution >= 4 is 46.5 Å². The van der Waals surface area contributed by atoms with Crippen molar-refractivity contribution in [2.45, 2.75) is 32.6 Å². The molecule has 2 amide bonds. The van der Waals surface area contributed by atoms with E-state index in [2.05, 4.69) is 5.32 Å². The molecule has 0 aliphatic rings. The molecule has 38 heavy (non-hydrogen) atoms. The van der Waals surface area contributed by atoms with Crippen molar-refractivity contribution < 1.29 is 14.0 Å². The first-order valence-corrected chi connectivity index (χ1v) is 12.7. The van der Waals surface area contributed by atoms with E-state index in [0.717, 1.165) is 11.8 Å². The van der Waals surface area contributed by atoms with Crippen LogP contribution in [0.25, 0.3) is 5.69 Å². The fraction of sp³-hybridized carbons (Fsp3) is 0.207. The van der Waals surface area contributed by atoms with E-state index >= 15 is 0 Å². The minimum atomic E-state index is -0.644. The average molecular weight is 553 g/mol. The number of nitrogens with one attached hydrogen (secondary N) is 1. The fourth-order valence-corrected chi connectivity index (χ4v) is 4.06. The summed E-state index contributed by atoms with van der Waals surface area (Å²) in [7, 11) is 1.62. The maximum Gasteiger partial charge on any atom is 0.255 e. The van der Waals surface area contributed by atoms with Crippen LogP contribution in [-0.2, 0) is 16.6 Å². The maximum absolute atomic E-state index is 15.0. The number of amides is 2. The Balaban J connectivity index is 1.55. The molecule has 9 heteroatoms. The molecule has 0 spiro atoms. The van der Waals surface area contributed by atoms with Crippen LogP contribution in [0.15, 0.2) is 72.8 Å².